The summed E-state index contributed by atoms with van der Waals surface area (Å²) in [6, 6.07) is 75.5. The van der Waals surface area contributed by atoms with E-state index in [0.717, 1.165) is 44.7 Å². The summed E-state index contributed by atoms with van der Waals surface area (Å²) in [7, 11) is 0. The van der Waals surface area contributed by atoms with Gasteiger partial charge in [-0.05, 0) is 85.8 Å². The summed E-state index contributed by atoms with van der Waals surface area (Å²) in [5.41, 5.74) is 16.1. The van der Waals surface area contributed by atoms with E-state index in [1.807, 2.05) is 55.5 Å². The lowest BCUT2D eigenvalue weighted by molar-refractivity contribution is 0.769. The van der Waals surface area contributed by atoms with E-state index in [2.05, 4.69) is 170 Å². The maximum absolute atomic E-state index is 5.19. The predicted octanol–water partition coefficient (Wildman–Crippen LogP) is 13.3. The molecule has 0 amide bonds. The molecule has 0 aliphatic heterocycles. The van der Waals surface area contributed by atoms with Gasteiger partial charge >= 0.3 is 0 Å². The Morgan fingerprint density at radius 3 is 1.61 bits per heavy atom. The second kappa shape index (κ2) is 14.9. The number of amidine groups is 1. The first-order valence-electron chi connectivity index (χ1n) is 19.1. The second-order valence-electron chi connectivity index (χ2n) is 14.2. The molecule has 0 unspecified atom stereocenters. The molecule has 0 spiro atoms. The van der Waals surface area contributed by atoms with E-state index >= 15 is 0 Å². The summed E-state index contributed by atoms with van der Waals surface area (Å²) in [6.45, 7) is 6.41. The van der Waals surface area contributed by atoms with Gasteiger partial charge in [0.1, 0.15) is 0 Å². The Bertz CT molecular complexity index is 2700. The van der Waals surface area contributed by atoms with Gasteiger partial charge in [-0.25, -0.2) is 9.98 Å². The average Bonchev–Trinajstić information content (AvgIpc) is 3.58. The molecule has 0 saturated carbocycles. The van der Waals surface area contributed by atoms with Gasteiger partial charge in [0.15, 0.2) is 5.84 Å². The molecule has 0 saturated heterocycles. The van der Waals surface area contributed by atoms with E-state index < -0.39 is 5.41 Å². The minimum absolute atomic E-state index is 0.463. The molecule has 0 aromatic heterocycles. The molecule has 0 fully saturated rings. The van der Waals surface area contributed by atoms with Gasteiger partial charge in [0.05, 0.1) is 11.1 Å². The maximum atomic E-state index is 5.19. The first-order valence-corrected chi connectivity index (χ1v) is 19.1. The van der Waals surface area contributed by atoms with E-state index in [9.17, 15) is 0 Å². The van der Waals surface area contributed by atoms with Crippen LogP contribution in [0.15, 0.2) is 229 Å². The fourth-order valence-electron chi connectivity index (χ4n) is 8.29. The van der Waals surface area contributed by atoms with Gasteiger partial charge in [0, 0.05) is 11.3 Å². The first kappa shape index (κ1) is 34.6. The lowest BCUT2D eigenvalue weighted by atomic mass is 9.67. The van der Waals surface area contributed by atoms with Crippen molar-refractivity contribution in [3.05, 3.63) is 258 Å². The highest BCUT2D eigenvalue weighted by Crippen LogP contribution is 2.56. The van der Waals surface area contributed by atoms with Gasteiger partial charge in [-0.15, -0.1) is 0 Å². The Morgan fingerprint density at radius 1 is 0.411 bits per heavy atom. The van der Waals surface area contributed by atoms with Crippen LogP contribution in [0.5, 0.6) is 0 Å². The molecule has 0 bridgehead atoms. The molecule has 1 aliphatic carbocycles. The van der Waals surface area contributed by atoms with Crippen molar-refractivity contribution in [2.24, 2.45) is 9.98 Å². The molecular weight excluding hydrogens is 677 g/mol. The maximum Gasteiger partial charge on any atom is 0.160 e. The van der Waals surface area contributed by atoms with Crippen LogP contribution in [0.1, 0.15) is 45.9 Å². The summed E-state index contributed by atoms with van der Waals surface area (Å²) in [6.07, 6.45) is 0. The van der Waals surface area contributed by atoms with Crippen molar-refractivity contribution in [3.8, 4) is 33.4 Å². The third-order valence-electron chi connectivity index (χ3n) is 10.9. The van der Waals surface area contributed by atoms with Crippen LogP contribution < -0.4 is 0 Å². The van der Waals surface area contributed by atoms with Crippen LogP contribution in [0.25, 0.3) is 39.1 Å². The topological polar surface area (TPSA) is 24.7 Å². The molecule has 0 radical (unpaired) electrons. The highest BCUT2D eigenvalue weighted by Gasteiger charge is 2.46. The zero-order valence-electron chi connectivity index (χ0n) is 31.3. The molecule has 8 aromatic rings. The molecule has 2 heteroatoms. The Labute approximate surface area is 329 Å². The third kappa shape index (κ3) is 6.22. The Balaban J connectivity index is 1.19. The second-order valence-corrected chi connectivity index (χ2v) is 14.2. The number of hydrogen-bond donors (Lipinski definition) is 0. The molecular formula is C54H40N2. The molecule has 1 aliphatic rings. The van der Waals surface area contributed by atoms with Crippen molar-refractivity contribution in [2.45, 2.75) is 12.3 Å². The smallest absolute Gasteiger partial charge is 0.160 e. The lowest BCUT2D eigenvalue weighted by Crippen LogP contribution is -2.28. The summed E-state index contributed by atoms with van der Waals surface area (Å²) in [5.74, 6) is 0.618. The van der Waals surface area contributed by atoms with Crippen molar-refractivity contribution >= 4 is 17.2 Å². The van der Waals surface area contributed by atoms with E-state index in [4.69, 9.17) is 9.98 Å². The number of rotatable bonds is 8. The fraction of sp³-hybridized carbons (Fsp3) is 0.0370. The monoisotopic (exact) mass is 716 g/mol. The van der Waals surface area contributed by atoms with Crippen molar-refractivity contribution in [1.29, 1.82) is 0 Å². The lowest BCUT2D eigenvalue weighted by Gasteiger charge is -2.34. The highest BCUT2D eigenvalue weighted by atomic mass is 14.9. The average molecular weight is 717 g/mol. The Hall–Kier alpha value is -7.16. The minimum Gasteiger partial charge on any atom is -0.233 e. The normalized spacial score (nSPS) is 13.2. The molecule has 0 N–H and O–H groups in total. The fourth-order valence-corrected chi connectivity index (χ4v) is 8.29. The highest BCUT2D eigenvalue weighted by molar-refractivity contribution is 6.15. The van der Waals surface area contributed by atoms with Gasteiger partial charge in [-0.1, -0.05) is 207 Å². The summed E-state index contributed by atoms with van der Waals surface area (Å²) >= 11 is 0. The van der Waals surface area contributed by atoms with E-state index in [1.165, 1.54) is 33.4 Å². The van der Waals surface area contributed by atoms with Gasteiger partial charge in [0.25, 0.3) is 0 Å². The van der Waals surface area contributed by atoms with Gasteiger partial charge in [-0.2, -0.15) is 0 Å². The van der Waals surface area contributed by atoms with Crippen molar-refractivity contribution < 1.29 is 0 Å². The van der Waals surface area contributed by atoms with Crippen molar-refractivity contribution in [2.75, 3.05) is 0 Å². The molecule has 0 heterocycles. The predicted molar refractivity (Wildman–Crippen MR) is 235 cm³/mol. The Kier molecular flexibility index (Phi) is 9.23. The van der Waals surface area contributed by atoms with Gasteiger partial charge < -0.3 is 0 Å². The van der Waals surface area contributed by atoms with Crippen LogP contribution in [0, 0.1) is 0 Å². The Morgan fingerprint density at radius 2 is 0.929 bits per heavy atom. The summed E-state index contributed by atoms with van der Waals surface area (Å²) < 4.78 is 0. The molecule has 2 nitrogen and oxygen atoms in total. The van der Waals surface area contributed by atoms with Gasteiger partial charge in [-0.3, -0.25) is 0 Å². The van der Waals surface area contributed by atoms with Crippen LogP contribution in [0.3, 0.4) is 0 Å². The SMILES string of the molecule is C=C(N=C(N=C(C)c1ccccc1)c1ccccc1-c1cccc(-c2ccc3c(c2)C(c2ccccc2)(c2ccccc2)c2ccccc2-3)c1)c1ccccc1. The summed E-state index contributed by atoms with van der Waals surface area (Å²) in [4.78, 5) is 10.3. The zero-order chi connectivity index (χ0) is 37.9. The number of nitrogens with zero attached hydrogens (tertiary/aromatic N) is 2. The van der Waals surface area contributed by atoms with Crippen LogP contribution in [-0.4, -0.2) is 11.5 Å². The molecule has 56 heavy (non-hydrogen) atoms. The number of hydrogen-bond acceptors (Lipinski definition) is 1. The number of fused-ring (bicyclic) bond motifs is 3. The van der Waals surface area contributed by atoms with E-state index in [1.54, 1.807) is 0 Å². The summed E-state index contributed by atoms with van der Waals surface area (Å²) in [5, 5.41) is 0. The minimum atomic E-state index is -0.463. The van der Waals surface area contributed by atoms with Crippen LogP contribution in [0.4, 0.5) is 0 Å². The zero-order valence-corrected chi connectivity index (χ0v) is 31.3. The van der Waals surface area contributed by atoms with Crippen molar-refractivity contribution in [1.82, 2.24) is 0 Å². The van der Waals surface area contributed by atoms with Crippen LogP contribution in [-0.2, 0) is 5.41 Å². The van der Waals surface area contributed by atoms with E-state index in [-0.39, 0.29) is 0 Å². The number of benzene rings is 8. The molecule has 266 valence electrons. The first-order chi connectivity index (χ1) is 27.6. The van der Waals surface area contributed by atoms with Gasteiger partial charge in [0.2, 0.25) is 0 Å². The van der Waals surface area contributed by atoms with E-state index in [0.29, 0.717) is 11.5 Å². The molecule has 8 aromatic carbocycles. The largest absolute Gasteiger partial charge is 0.233 e. The standard InChI is InChI=1S/C54H40N2/c1-38(40-20-7-3-8-21-40)55-53(56-39(2)41-22-9-4-10-23-41)50-32-16-15-30-47(50)44-25-19-24-42(36-44)43-34-35-49-48-31-17-18-33-51(48)54(52(49)37-43,45-26-11-5-12-27-45)46-28-13-6-14-29-46/h3-37H,1H2,2H3. The van der Waals surface area contributed by atoms with Crippen LogP contribution >= 0.6 is 0 Å². The van der Waals surface area contributed by atoms with Crippen molar-refractivity contribution in [3.63, 3.8) is 0 Å². The number of aliphatic imine (C=N–C) groups is 2. The molecule has 9 rings (SSSR count). The molecule has 0 atom stereocenters. The third-order valence-corrected chi connectivity index (χ3v) is 10.9. The van der Waals surface area contributed by atoms with Crippen LogP contribution in [0.2, 0.25) is 0 Å². The quantitative estimate of drug-likeness (QED) is 0.110.